The first-order chi connectivity index (χ1) is 11.8. The summed E-state index contributed by atoms with van der Waals surface area (Å²) < 4.78 is 1.99. The highest BCUT2D eigenvalue weighted by molar-refractivity contribution is 5.80. The van der Waals surface area contributed by atoms with Gasteiger partial charge in [-0.2, -0.15) is 5.10 Å². The molecule has 0 amide bonds. The van der Waals surface area contributed by atoms with Gasteiger partial charge in [0, 0.05) is 26.1 Å². The van der Waals surface area contributed by atoms with Crippen LogP contribution in [-0.2, 0) is 13.0 Å². The predicted octanol–water partition coefficient (Wildman–Crippen LogP) is 1.56. The van der Waals surface area contributed by atoms with Gasteiger partial charge in [0.05, 0.1) is 6.54 Å². The van der Waals surface area contributed by atoms with E-state index in [0.29, 0.717) is 17.9 Å². The molecule has 0 saturated heterocycles. The molecule has 2 aliphatic rings. The number of benzene rings is 1. The molecule has 2 heterocycles. The normalized spacial score (nSPS) is 25.9. The van der Waals surface area contributed by atoms with Crippen molar-refractivity contribution in [2.24, 2.45) is 10.9 Å². The second-order valence-electron chi connectivity index (χ2n) is 6.70. The summed E-state index contributed by atoms with van der Waals surface area (Å²) in [7, 11) is 1.83. The van der Waals surface area contributed by atoms with E-state index in [1.165, 1.54) is 12.0 Å². The van der Waals surface area contributed by atoms with E-state index in [0.717, 1.165) is 37.7 Å². The van der Waals surface area contributed by atoms with E-state index in [2.05, 4.69) is 56.0 Å². The van der Waals surface area contributed by atoms with Crippen LogP contribution in [0.15, 0.2) is 41.7 Å². The van der Waals surface area contributed by atoms with Gasteiger partial charge in [0.1, 0.15) is 12.2 Å². The van der Waals surface area contributed by atoms with Crippen LogP contribution >= 0.6 is 0 Å². The lowest BCUT2D eigenvalue weighted by Crippen LogP contribution is -2.47. The van der Waals surface area contributed by atoms with Crippen LogP contribution in [0, 0.1) is 5.92 Å². The van der Waals surface area contributed by atoms with Gasteiger partial charge in [-0.3, -0.25) is 4.99 Å². The van der Waals surface area contributed by atoms with Crippen LogP contribution in [0.1, 0.15) is 30.1 Å². The molecule has 24 heavy (non-hydrogen) atoms. The SMILES string of the molecule is CN=C(NCC1CC1c1ccccc1)NC1CCc2ncnn2C1. The Kier molecular flexibility index (Phi) is 4.19. The minimum Gasteiger partial charge on any atom is -0.356 e. The van der Waals surface area contributed by atoms with E-state index in [1.54, 1.807) is 6.33 Å². The van der Waals surface area contributed by atoms with Gasteiger partial charge in [-0.25, -0.2) is 9.67 Å². The average molecular weight is 324 g/mol. The Morgan fingerprint density at radius 1 is 1.33 bits per heavy atom. The molecule has 2 N–H and O–H groups in total. The average Bonchev–Trinajstić information content (AvgIpc) is 3.26. The summed E-state index contributed by atoms with van der Waals surface area (Å²) in [5.41, 5.74) is 1.46. The van der Waals surface area contributed by atoms with E-state index >= 15 is 0 Å². The topological polar surface area (TPSA) is 67.1 Å². The molecule has 0 radical (unpaired) electrons. The number of aliphatic imine (C=N–C) groups is 1. The van der Waals surface area contributed by atoms with Crippen LogP contribution in [0.3, 0.4) is 0 Å². The molecule has 0 spiro atoms. The van der Waals surface area contributed by atoms with Crippen molar-refractivity contribution >= 4 is 5.96 Å². The first-order valence-electron chi connectivity index (χ1n) is 8.72. The highest BCUT2D eigenvalue weighted by Crippen LogP contribution is 2.46. The van der Waals surface area contributed by atoms with E-state index < -0.39 is 0 Å². The number of aryl methyl sites for hydroxylation is 1. The van der Waals surface area contributed by atoms with Gasteiger partial charge in [-0.05, 0) is 30.2 Å². The maximum atomic E-state index is 4.37. The highest BCUT2D eigenvalue weighted by Gasteiger charge is 2.37. The van der Waals surface area contributed by atoms with Gasteiger partial charge in [-0.1, -0.05) is 30.3 Å². The molecule has 3 unspecified atom stereocenters. The molecular formula is C18H24N6. The van der Waals surface area contributed by atoms with Crippen molar-refractivity contribution < 1.29 is 0 Å². The summed E-state index contributed by atoms with van der Waals surface area (Å²) in [6.07, 6.45) is 4.93. The summed E-state index contributed by atoms with van der Waals surface area (Å²) in [6, 6.07) is 11.1. The first-order valence-corrected chi connectivity index (χ1v) is 8.72. The highest BCUT2D eigenvalue weighted by atomic mass is 15.4. The Morgan fingerprint density at radius 2 is 2.21 bits per heavy atom. The lowest BCUT2D eigenvalue weighted by Gasteiger charge is -2.25. The van der Waals surface area contributed by atoms with Crippen molar-refractivity contribution in [2.75, 3.05) is 13.6 Å². The van der Waals surface area contributed by atoms with Gasteiger partial charge >= 0.3 is 0 Å². The van der Waals surface area contributed by atoms with E-state index in [4.69, 9.17) is 0 Å². The van der Waals surface area contributed by atoms with Gasteiger partial charge in [0.15, 0.2) is 5.96 Å². The Bertz CT molecular complexity index is 707. The third-order valence-corrected chi connectivity index (χ3v) is 5.05. The number of fused-ring (bicyclic) bond motifs is 1. The quantitative estimate of drug-likeness (QED) is 0.662. The van der Waals surface area contributed by atoms with Crippen LogP contribution in [-0.4, -0.2) is 40.4 Å². The van der Waals surface area contributed by atoms with E-state index in [9.17, 15) is 0 Å². The Labute approximate surface area is 142 Å². The zero-order valence-electron chi connectivity index (χ0n) is 14.0. The van der Waals surface area contributed by atoms with Crippen LogP contribution in [0.4, 0.5) is 0 Å². The summed E-state index contributed by atoms with van der Waals surface area (Å²) in [4.78, 5) is 8.65. The second kappa shape index (κ2) is 6.63. The summed E-state index contributed by atoms with van der Waals surface area (Å²) in [5.74, 6) is 3.38. The molecule has 6 nitrogen and oxygen atoms in total. The lowest BCUT2D eigenvalue weighted by molar-refractivity contribution is 0.392. The molecule has 1 fully saturated rings. The van der Waals surface area contributed by atoms with E-state index in [-0.39, 0.29) is 0 Å². The Morgan fingerprint density at radius 3 is 3.04 bits per heavy atom. The van der Waals surface area contributed by atoms with Gasteiger partial charge < -0.3 is 10.6 Å². The van der Waals surface area contributed by atoms with Crippen molar-refractivity contribution in [1.82, 2.24) is 25.4 Å². The molecule has 4 rings (SSSR count). The molecular weight excluding hydrogens is 300 g/mol. The van der Waals surface area contributed by atoms with Gasteiger partial charge in [0.2, 0.25) is 0 Å². The maximum absolute atomic E-state index is 4.37. The fourth-order valence-corrected chi connectivity index (χ4v) is 3.55. The standard InChI is InChI=1S/C18H24N6/c1-19-18(23-15-7-8-17-21-12-22-24(17)11-15)20-10-14-9-16(14)13-5-3-2-4-6-13/h2-6,12,14-16H,7-11H2,1H3,(H2,19,20,23). The molecule has 1 saturated carbocycles. The molecule has 3 atom stereocenters. The monoisotopic (exact) mass is 324 g/mol. The third-order valence-electron chi connectivity index (χ3n) is 5.05. The van der Waals surface area contributed by atoms with Crippen molar-refractivity contribution in [3.8, 4) is 0 Å². The van der Waals surface area contributed by atoms with Gasteiger partial charge in [-0.15, -0.1) is 0 Å². The van der Waals surface area contributed by atoms with Crippen LogP contribution in [0.2, 0.25) is 0 Å². The minimum absolute atomic E-state index is 0.356. The molecule has 1 aromatic heterocycles. The number of hydrogen-bond acceptors (Lipinski definition) is 3. The molecule has 1 aliphatic heterocycles. The number of guanidine groups is 1. The molecule has 126 valence electrons. The largest absolute Gasteiger partial charge is 0.356 e. The lowest BCUT2D eigenvalue weighted by atomic mass is 10.1. The molecule has 0 bridgehead atoms. The number of rotatable bonds is 4. The molecule has 6 heteroatoms. The summed E-state index contributed by atoms with van der Waals surface area (Å²) in [6.45, 7) is 1.83. The zero-order valence-corrected chi connectivity index (χ0v) is 14.0. The van der Waals surface area contributed by atoms with Crippen molar-refractivity contribution in [3.63, 3.8) is 0 Å². The first kappa shape index (κ1) is 15.2. The van der Waals surface area contributed by atoms with Crippen LogP contribution in [0.5, 0.6) is 0 Å². The van der Waals surface area contributed by atoms with Crippen molar-refractivity contribution in [1.29, 1.82) is 0 Å². The van der Waals surface area contributed by atoms with Crippen molar-refractivity contribution in [3.05, 3.63) is 48.0 Å². The Hall–Kier alpha value is -2.37. The minimum atomic E-state index is 0.356. The molecule has 1 aliphatic carbocycles. The molecule has 1 aromatic carbocycles. The maximum Gasteiger partial charge on any atom is 0.191 e. The number of aromatic nitrogens is 3. The number of hydrogen-bond donors (Lipinski definition) is 2. The number of nitrogens with one attached hydrogen (secondary N) is 2. The number of nitrogens with zero attached hydrogens (tertiary/aromatic N) is 4. The smallest absolute Gasteiger partial charge is 0.191 e. The van der Waals surface area contributed by atoms with Gasteiger partial charge in [0.25, 0.3) is 0 Å². The summed E-state index contributed by atoms with van der Waals surface area (Å²) in [5, 5.41) is 11.3. The predicted molar refractivity (Wildman–Crippen MR) is 93.9 cm³/mol. The fraction of sp³-hybridized carbons (Fsp3) is 0.500. The van der Waals surface area contributed by atoms with Crippen LogP contribution in [0.25, 0.3) is 0 Å². The zero-order chi connectivity index (χ0) is 16.4. The van der Waals surface area contributed by atoms with Crippen molar-refractivity contribution in [2.45, 2.75) is 37.8 Å². The summed E-state index contributed by atoms with van der Waals surface area (Å²) >= 11 is 0. The Balaban J connectivity index is 1.26. The second-order valence-corrected chi connectivity index (χ2v) is 6.70. The molecule has 2 aromatic rings. The van der Waals surface area contributed by atoms with E-state index in [1.807, 2.05) is 11.7 Å². The van der Waals surface area contributed by atoms with Crippen LogP contribution < -0.4 is 10.6 Å². The fourth-order valence-electron chi connectivity index (χ4n) is 3.55. The third kappa shape index (κ3) is 3.27.